The van der Waals surface area contributed by atoms with Crippen LogP contribution < -0.4 is 25.4 Å². The van der Waals surface area contributed by atoms with E-state index < -0.39 is 0 Å². The predicted octanol–water partition coefficient (Wildman–Crippen LogP) is 4.33. The Kier molecular flexibility index (Phi) is 7.02. The highest BCUT2D eigenvalue weighted by atomic mass is 32.1. The van der Waals surface area contributed by atoms with Gasteiger partial charge in [-0.15, -0.1) is 0 Å². The Morgan fingerprint density at radius 3 is 2.10 bits per heavy atom. The van der Waals surface area contributed by atoms with Gasteiger partial charge in [0, 0.05) is 17.1 Å². The van der Waals surface area contributed by atoms with Crippen LogP contribution in [-0.4, -0.2) is 24.7 Å². The third-order valence-electron chi connectivity index (χ3n) is 3.89. The molecule has 0 aliphatic rings. The lowest BCUT2D eigenvalue weighted by Gasteiger charge is -2.12. The summed E-state index contributed by atoms with van der Waals surface area (Å²) in [6.45, 7) is -0.178. The maximum atomic E-state index is 12.1. The summed E-state index contributed by atoms with van der Waals surface area (Å²) in [7, 11) is 1.54. The lowest BCUT2D eigenvalue weighted by Crippen LogP contribution is -2.37. The number of anilines is 3. The highest BCUT2D eigenvalue weighted by Gasteiger charge is 2.09. The minimum Gasteiger partial charge on any atom is -0.493 e. The summed E-state index contributed by atoms with van der Waals surface area (Å²) in [5.41, 5.74) is 2.72. The van der Waals surface area contributed by atoms with Crippen molar-refractivity contribution in [3.63, 3.8) is 0 Å². The normalized spacial score (nSPS) is 9.97. The average molecular weight is 407 g/mol. The largest absolute Gasteiger partial charge is 0.493 e. The van der Waals surface area contributed by atoms with Gasteiger partial charge in [0.2, 0.25) is 0 Å². The van der Waals surface area contributed by atoms with E-state index in [1.54, 1.807) is 25.3 Å². The molecule has 0 spiro atoms. The summed E-state index contributed by atoms with van der Waals surface area (Å²) < 4.78 is 10.7. The Morgan fingerprint density at radius 2 is 1.41 bits per heavy atom. The Labute approximate surface area is 174 Å². The molecule has 148 valence electrons. The van der Waals surface area contributed by atoms with Crippen LogP contribution in [0.15, 0.2) is 78.9 Å². The minimum absolute atomic E-state index is 0.178. The van der Waals surface area contributed by atoms with Gasteiger partial charge in [0.05, 0.1) is 7.11 Å². The van der Waals surface area contributed by atoms with E-state index in [-0.39, 0.29) is 17.6 Å². The van der Waals surface area contributed by atoms with Crippen molar-refractivity contribution in [2.45, 2.75) is 0 Å². The number of methoxy groups -OCH3 is 1. The topological polar surface area (TPSA) is 71.6 Å². The van der Waals surface area contributed by atoms with Gasteiger partial charge in [0.1, 0.15) is 0 Å². The van der Waals surface area contributed by atoms with Crippen molar-refractivity contribution in [1.29, 1.82) is 0 Å². The number of carbonyl (C=O) groups excluding carboxylic acids is 1. The molecular weight excluding hydrogens is 386 g/mol. The number of rotatable bonds is 7. The fourth-order valence-electron chi connectivity index (χ4n) is 2.53. The standard InChI is InChI=1S/C22H21N3O3S/c1-27-19-9-5-6-10-20(19)28-15-21(26)25-22(29)24-18-13-11-17(12-14-18)23-16-7-3-2-4-8-16/h2-14,23H,15H2,1H3,(H2,24,25,26,29). The van der Waals surface area contributed by atoms with Crippen molar-refractivity contribution in [3.8, 4) is 11.5 Å². The zero-order chi connectivity index (χ0) is 20.5. The van der Waals surface area contributed by atoms with Gasteiger partial charge in [0.15, 0.2) is 23.2 Å². The van der Waals surface area contributed by atoms with Gasteiger partial charge in [-0.1, -0.05) is 30.3 Å². The van der Waals surface area contributed by atoms with E-state index in [1.807, 2.05) is 60.7 Å². The van der Waals surface area contributed by atoms with E-state index in [0.717, 1.165) is 17.1 Å². The van der Waals surface area contributed by atoms with Crippen LogP contribution in [0.5, 0.6) is 11.5 Å². The molecule has 3 N–H and O–H groups in total. The number of carbonyl (C=O) groups is 1. The average Bonchev–Trinajstić information content (AvgIpc) is 2.74. The van der Waals surface area contributed by atoms with Crippen molar-refractivity contribution in [2.24, 2.45) is 0 Å². The number of ether oxygens (including phenoxy) is 2. The fraction of sp³-hybridized carbons (Fsp3) is 0.0909. The molecule has 0 saturated carbocycles. The van der Waals surface area contributed by atoms with Crippen molar-refractivity contribution < 1.29 is 14.3 Å². The molecule has 0 aliphatic heterocycles. The third-order valence-corrected chi connectivity index (χ3v) is 4.09. The highest BCUT2D eigenvalue weighted by molar-refractivity contribution is 7.80. The molecule has 3 aromatic carbocycles. The quantitative estimate of drug-likeness (QED) is 0.507. The van der Waals surface area contributed by atoms with Gasteiger partial charge in [-0.3, -0.25) is 10.1 Å². The van der Waals surface area contributed by atoms with Crippen molar-refractivity contribution >= 4 is 40.3 Å². The fourth-order valence-corrected chi connectivity index (χ4v) is 2.76. The molecule has 3 rings (SSSR count). The number of hydrogen-bond acceptors (Lipinski definition) is 5. The zero-order valence-electron chi connectivity index (χ0n) is 15.8. The van der Waals surface area contributed by atoms with E-state index in [2.05, 4.69) is 16.0 Å². The van der Waals surface area contributed by atoms with E-state index in [1.165, 1.54) is 0 Å². The van der Waals surface area contributed by atoms with Crippen molar-refractivity contribution in [1.82, 2.24) is 5.32 Å². The summed E-state index contributed by atoms with van der Waals surface area (Å²) in [5.74, 6) is 0.687. The summed E-state index contributed by atoms with van der Waals surface area (Å²) >= 11 is 5.19. The van der Waals surface area contributed by atoms with Gasteiger partial charge >= 0.3 is 0 Å². The number of amides is 1. The monoisotopic (exact) mass is 407 g/mol. The molecule has 0 aromatic heterocycles. The van der Waals surface area contributed by atoms with Crippen LogP contribution in [0.4, 0.5) is 17.1 Å². The molecule has 0 aliphatic carbocycles. The van der Waals surface area contributed by atoms with Gasteiger partial charge in [0.25, 0.3) is 5.91 Å². The smallest absolute Gasteiger partial charge is 0.264 e. The summed E-state index contributed by atoms with van der Waals surface area (Å²) in [4.78, 5) is 12.1. The maximum absolute atomic E-state index is 12.1. The van der Waals surface area contributed by atoms with Crippen LogP contribution in [0.2, 0.25) is 0 Å². The Morgan fingerprint density at radius 1 is 0.828 bits per heavy atom. The lowest BCUT2D eigenvalue weighted by molar-refractivity contribution is -0.121. The Bertz CT molecular complexity index is 963. The number of benzene rings is 3. The molecule has 0 fully saturated rings. The summed E-state index contributed by atoms with van der Waals surface area (Å²) in [5, 5.41) is 9.06. The second-order valence-corrected chi connectivity index (χ2v) is 6.42. The molecule has 29 heavy (non-hydrogen) atoms. The first-order chi connectivity index (χ1) is 14.1. The first-order valence-electron chi connectivity index (χ1n) is 8.93. The van der Waals surface area contributed by atoms with Crippen LogP contribution in [0, 0.1) is 0 Å². The van der Waals surface area contributed by atoms with E-state index in [9.17, 15) is 4.79 Å². The molecule has 6 nitrogen and oxygen atoms in total. The second kappa shape index (κ2) is 10.1. The molecule has 0 bridgehead atoms. The zero-order valence-corrected chi connectivity index (χ0v) is 16.7. The van der Waals surface area contributed by atoms with Gasteiger partial charge in [-0.25, -0.2) is 0 Å². The number of para-hydroxylation sites is 3. The summed E-state index contributed by atoms with van der Waals surface area (Å²) in [6.07, 6.45) is 0. The van der Waals surface area contributed by atoms with Crippen LogP contribution >= 0.6 is 12.2 Å². The molecule has 0 radical (unpaired) electrons. The van der Waals surface area contributed by atoms with Gasteiger partial charge < -0.3 is 20.1 Å². The van der Waals surface area contributed by atoms with Gasteiger partial charge in [-0.2, -0.15) is 0 Å². The molecular formula is C22H21N3O3S. The first kappa shape index (κ1) is 20.2. The van der Waals surface area contributed by atoms with Crippen LogP contribution in [-0.2, 0) is 4.79 Å². The number of hydrogen-bond donors (Lipinski definition) is 3. The molecule has 1 amide bonds. The highest BCUT2D eigenvalue weighted by Crippen LogP contribution is 2.25. The van der Waals surface area contributed by atoms with Crippen LogP contribution in [0.25, 0.3) is 0 Å². The van der Waals surface area contributed by atoms with E-state index in [4.69, 9.17) is 21.7 Å². The Hall–Kier alpha value is -3.58. The number of nitrogens with one attached hydrogen (secondary N) is 3. The lowest BCUT2D eigenvalue weighted by atomic mass is 10.2. The van der Waals surface area contributed by atoms with Gasteiger partial charge in [-0.05, 0) is 60.7 Å². The second-order valence-electron chi connectivity index (χ2n) is 6.01. The minimum atomic E-state index is -0.365. The third kappa shape index (κ3) is 6.22. The molecule has 0 unspecified atom stereocenters. The molecule has 0 saturated heterocycles. The summed E-state index contributed by atoms with van der Waals surface area (Å²) in [6, 6.07) is 24.6. The SMILES string of the molecule is COc1ccccc1OCC(=O)NC(=S)Nc1ccc(Nc2ccccc2)cc1. The van der Waals surface area contributed by atoms with E-state index in [0.29, 0.717) is 11.5 Å². The molecule has 0 atom stereocenters. The predicted molar refractivity (Wildman–Crippen MR) is 119 cm³/mol. The van der Waals surface area contributed by atoms with Crippen molar-refractivity contribution in [2.75, 3.05) is 24.4 Å². The maximum Gasteiger partial charge on any atom is 0.264 e. The van der Waals surface area contributed by atoms with Crippen LogP contribution in [0.1, 0.15) is 0 Å². The van der Waals surface area contributed by atoms with Crippen LogP contribution in [0.3, 0.4) is 0 Å². The molecule has 0 heterocycles. The van der Waals surface area contributed by atoms with E-state index >= 15 is 0 Å². The number of thiocarbonyl (C=S) groups is 1. The Balaban J connectivity index is 1.46. The molecule has 7 heteroatoms. The van der Waals surface area contributed by atoms with Crippen molar-refractivity contribution in [3.05, 3.63) is 78.9 Å². The molecule has 3 aromatic rings. The first-order valence-corrected chi connectivity index (χ1v) is 9.33.